The molecule has 0 saturated heterocycles. The standard InChI is InChI=1S/2C8H13Si.C2H7Si.Hf/c2*1-9(2,3)8-6-4-5-7-8;1-3-2;/h2*6-7H,4H2,1-3H3;3H,1-2H3;/q2*-1;;. The zero-order chi connectivity index (χ0) is 16.5. The van der Waals surface area contributed by atoms with Crippen LogP contribution in [0.5, 0.6) is 0 Å². The van der Waals surface area contributed by atoms with Crippen molar-refractivity contribution in [1.82, 2.24) is 0 Å². The van der Waals surface area contributed by atoms with Gasteiger partial charge in [-0.2, -0.15) is 12.2 Å². The zero-order valence-electron chi connectivity index (χ0n) is 15.8. The van der Waals surface area contributed by atoms with E-state index in [2.05, 4.69) is 88.8 Å². The van der Waals surface area contributed by atoms with Crippen molar-refractivity contribution in [1.29, 1.82) is 0 Å². The summed E-state index contributed by atoms with van der Waals surface area (Å²) in [6, 6.07) is 0. The minimum Gasteiger partial charge on any atom is -0.273 e. The molecule has 0 saturated carbocycles. The molecule has 0 aromatic rings. The van der Waals surface area contributed by atoms with Crippen molar-refractivity contribution in [2.24, 2.45) is 0 Å². The van der Waals surface area contributed by atoms with E-state index in [0.29, 0.717) is 0 Å². The third-order valence-electron chi connectivity index (χ3n) is 3.13. The van der Waals surface area contributed by atoms with E-state index in [1.165, 1.54) is 0 Å². The van der Waals surface area contributed by atoms with Gasteiger partial charge in [-0.3, -0.25) is 12.2 Å². The van der Waals surface area contributed by atoms with Crippen molar-refractivity contribution in [3.63, 3.8) is 0 Å². The Morgan fingerprint density at radius 1 is 0.773 bits per heavy atom. The molecule has 0 amide bonds. The van der Waals surface area contributed by atoms with E-state index in [0.717, 1.165) is 22.4 Å². The smallest absolute Gasteiger partial charge is 0.0213 e. The second-order valence-corrected chi connectivity index (χ2v) is 18.8. The second kappa shape index (κ2) is 11.9. The van der Waals surface area contributed by atoms with Crippen LogP contribution in [0.1, 0.15) is 12.8 Å². The van der Waals surface area contributed by atoms with Gasteiger partial charge in [0.05, 0.1) is 0 Å². The minimum absolute atomic E-state index is 0. The van der Waals surface area contributed by atoms with Gasteiger partial charge in [-0.1, -0.05) is 52.4 Å². The Kier molecular flexibility index (Phi) is 13.4. The Morgan fingerprint density at radius 2 is 1.05 bits per heavy atom. The van der Waals surface area contributed by atoms with Gasteiger partial charge in [-0.25, -0.2) is 22.5 Å². The van der Waals surface area contributed by atoms with Crippen LogP contribution in [0.25, 0.3) is 0 Å². The van der Waals surface area contributed by atoms with Crippen LogP contribution in [-0.4, -0.2) is 25.7 Å². The first kappa shape index (κ1) is 24.7. The van der Waals surface area contributed by atoms with Crippen molar-refractivity contribution in [3.8, 4) is 0 Å². The maximum atomic E-state index is 3.20. The molecule has 0 spiro atoms. The molecule has 0 fully saturated rings. The Hall–Kier alpha value is 0.481. The van der Waals surface area contributed by atoms with Gasteiger partial charge in [0, 0.05) is 35.4 Å². The molecular formula is C18H33HfSi3-2. The number of hydrogen-bond acceptors (Lipinski definition) is 0. The van der Waals surface area contributed by atoms with Crippen molar-refractivity contribution < 1.29 is 25.8 Å². The topological polar surface area (TPSA) is 0 Å². The molecule has 0 N–H and O–H groups in total. The van der Waals surface area contributed by atoms with Crippen molar-refractivity contribution in [2.75, 3.05) is 0 Å². The molecule has 0 aliphatic heterocycles. The summed E-state index contributed by atoms with van der Waals surface area (Å²) < 4.78 is 0. The maximum Gasteiger partial charge on any atom is 0.0213 e. The van der Waals surface area contributed by atoms with E-state index in [-0.39, 0.29) is 25.8 Å². The molecule has 0 aromatic heterocycles. The average Bonchev–Trinajstić information content (AvgIpc) is 3.03. The third kappa shape index (κ3) is 11.1. The molecule has 1 radical (unpaired) electrons. The average molecular weight is 512 g/mol. The summed E-state index contributed by atoms with van der Waals surface area (Å²) in [5, 5.41) is 3.12. The molecule has 4 heteroatoms. The molecule has 0 aromatic carbocycles. The number of allylic oxidation sites excluding steroid dienone is 8. The molecule has 0 heterocycles. The minimum atomic E-state index is -0.981. The van der Waals surface area contributed by atoms with Crippen molar-refractivity contribution >= 4 is 25.7 Å². The summed E-state index contributed by atoms with van der Waals surface area (Å²) in [4.78, 5) is 0. The number of hydrogen-bond donors (Lipinski definition) is 0. The Bertz CT molecular complexity index is 379. The Morgan fingerprint density at radius 3 is 1.14 bits per heavy atom. The molecule has 123 valence electrons. The van der Waals surface area contributed by atoms with Crippen LogP contribution in [0.2, 0.25) is 52.4 Å². The predicted molar refractivity (Wildman–Crippen MR) is 107 cm³/mol. The molecule has 0 nitrogen and oxygen atoms in total. The molecular weight excluding hydrogens is 479 g/mol. The monoisotopic (exact) mass is 513 g/mol. The Labute approximate surface area is 162 Å². The summed E-state index contributed by atoms with van der Waals surface area (Å²) in [5.74, 6) is 0. The largest absolute Gasteiger partial charge is 0.273 e. The van der Waals surface area contributed by atoms with Crippen LogP contribution in [0, 0.1) is 12.2 Å². The molecule has 22 heavy (non-hydrogen) atoms. The fourth-order valence-electron chi connectivity index (χ4n) is 1.84. The van der Waals surface area contributed by atoms with Gasteiger partial charge in [0.1, 0.15) is 0 Å². The SMILES string of the molecule is C[SiH]C.C[Si](C)(C)C1=CC[C-]=C1.C[Si](C)(C)C1=CC[C-]=C1.[Hf]. The van der Waals surface area contributed by atoms with Crippen LogP contribution in [-0.2, 0) is 25.8 Å². The van der Waals surface area contributed by atoms with Gasteiger partial charge in [0.2, 0.25) is 0 Å². The first-order valence-electron chi connectivity index (χ1n) is 7.91. The van der Waals surface area contributed by atoms with Crippen LogP contribution < -0.4 is 0 Å². The van der Waals surface area contributed by atoms with E-state index in [9.17, 15) is 0 Å². The molecule has 0 unspecified atom stereocenters. The van der Waals surface area contributed by atoms with Crippen LogP contribution in [0.4, 0.5) is 0 Å². The van der Waals surface area contributed by atoms with Crippen LogP contribution in [0.3, 0.4) is 0 Å². The second-order valence-electron chi connectivity index (χ2n) is 7.50. The van der Waals surface area contributed by atoms with Gasteiger partial charge in [-0.05, 0) is 16.1 Å². The Balaban J connectivity index is 0. The first-order valence-corrected chi connectivity index (χ1v) is 17.2. The summed E-state index contributed by atoms with van der Waals surface area (Å²) in [6.07, 6.45) is 17.4. The summed E-state index contributed by atoms with van der Waals surface area (Å²) in [7, 11) is -1.21. The zero-order valence-corrected chi connectivity index (χ0v) is 22.5. The summed E-state index contributed by atoms with van der Waals surface area (Å²) in [5.41, 5.74) is 0. The molecule has 0 atom stereocenters. The van der Waals surface area contributed by atoms with Gasteiger partial charge < -0.3 is 0 Å². The van der Waals surface area contributed by atoms with E-state index in [1.54, 1.807) is 10.4 Å². The summed E-state index contributed by atoms with van der Waals surface area (Å²) in [6.45, 7) is 18.6. The van der Waals surface area contributed by atoms with Crippen LogP contribution >= 0.6 is 0 Å². The number of rotatable bonds is 2. The van der Waals surface area contributed by atoms with Gasteiger partial charge in [-0.15, -0.1) is 12.8 Å². The normalized spacial score (nSPS) is 15.8. The third-order valence-corrected chi connectivity index (χ3v) is 7.29. The fraction of sp³-hybridized carbons (Fsp3) is 0.556. The predicted octanol–water partition coefficient (Wildman–Crippen LogP) is 5.62. The maximum absolute atomic E-state index is 3.20. The van der Waals surface area contributed by atoms with Crippen molar-refractivity contribution in [3.05, 3.63) is 46.8 Å². The van der Waals surface area contributed by atoms with Gasteiger partial charge in [0.15, 0.2) is 0 Å². The molecule has 0 bridgehead atoms. The van der Waals surface area contributed by atoms with Gasteiger partial charge in [0.25, 0.3) is 0 Å². The quantitative estimate of drug-likeness (QED) is 0.333. The fourth-order valence-corrected chi connectivity index (χ4v) is 4.34. The van der Waals surface area contributed by atoms with Crippen LogP contribution in [0.15, 0.2) is 34.7 Å². The first-order chi connectivity index (χ1) is 9.62. The van der Waals surface area contributed by atoms with Gasteiger partial charge >= 0.3 is 0 Å². The van der Waals surface area contributed by atoms with E-state index in [1.807, 2.05) is 0 Å². The van der Waals surface area contributed by atoms with E-state index < -0.39 is 16.1 Å². The molecule has 2 rings (SSSR count). The molecule has 2 aliphatic carbocycles. The van der Waals surface area contributed by atoms with E-state index >= 15 is 0 Å². The van der Waals surface area contributed by atoms with E-state index in [4.69, 9.17) is 0 Å². The van der Waals surface area contributed by atoms with Crippen molar-refractivity contribution in [2.45, 2.75) is 65.2 Å². The molecule has 2 aliphatic rings. The summed E-state index contributed by atoms with van der Waals surface area (Å²) >= 11 is 0.